The molecule has 0 bridgehead atoms. The number of anilines is 2. The van der Waals surface area contributed by atoms with Crippen molar-refractivity contribution in [2.75, 3.05) is 23.7 Å². The smallest absolute Gasteiger partial charge is 0.150 e. The van der Waals surface area contributed by atoms with Crippen LogP contribution in [0, 0.1) is 6.92 Å². The molecule has 96 valence electrons. The van der Waals surface area contributed by atoms with E-state index in [1.807, 2.05) is 18.5 Å². The van der Waals surface area contributed by atoms with Crippen molar-refractivity contribution in [2.24, 2.45) is 0 Å². The highest BCUT2D eigenvalue weighted by atomic mass is 16.3. The van der Waals surface area contributed by atoms with Crippen LogP contribution in [0.3, 0.4) is 0 Å². The van der Waals surface area contributed by atoms with E-state index >= 15 is 0 Å². The summed E-state index contributed by atoms with van der Waals surface area (Å²) < 4.78 is 1.96. The molecule has 3 N–H and O–H groups in total. The Hall–Kier alpha value is -1.23. The number of aliphatic hydroxyl groups is 1. The molecule has 1 aliphatic heterocycles. The van der Waals surface area contributed by atoms with Gasteiger partial charge in [0.15, 0.2) is 5.82 Å². The van der Waals surface area contributed by atoms with Crippen molar-refractivity contribution in [1.82, 2.24) is 9.78 Å². The maximum Gasteiger partial charge on any atom is 0.150 e. The first-order chi connectivity index (χ1) is 7.94. The van der Waals surface area contributed by atoms with Crippen LogP contribution in [-0.4, -0.2) is 33.6 Å². The van der Waals surface area contributed by atoms with Crippen LogP contribution in [0.5, 0.6) is 0 Å². The largest absolute Gasteiger partial charge is 0.394 e. The van der Waals surface area contributed by atoms with E-state index in [1.54, 1.807) is 0 Å². The molecule has 5 heteroatoms. The summed E-state index contributed by atoms with van der Waals surface area (Å²) in [5.41, 5.74) is 7.11. The van der Waals surface area contributed by atoms with Gasteiger partial charge in [-0.15, -0.1) is 0 Å². The zero-order valence-corrected chi connectivity index (χ0v) is 10.9. The Labute approximate surface area is 102 Å². The third-order valence-electron chi connectivity index (χ3n) is 3.33. The molecule has 1 fully saturated rings. The maximum atomic E-state index is 10.0. The van der Waals surface area contributed by atoms with Crippen molar-refractivity contribution < 1.29 is 5.11 Å². The number of nitrogen functional groups attached to an aromatic ring is 1. The van der Waals surface area contributed by atoms with Crippen LogP contribution in [0.2, 0.25) is 0 Å². The summed E-state index contributed by atoms with van der Waals surface area (Å²) in [6, 6.07) is 0. The Balaban J connectivity index is 2.31. The third-order valence-corrected chi connectivity index (χ3v) is 3.33. The lowest BCUT2D eigenvalue weighted by molar-refractivity contribution is 0.0838. The summed E-state index contributed by atoms with van der Waals surface area (Å²) >= 11 is 0. The molecule has 1 atom stereocenters. The van der Waals surface area contributed by atoms with Gasteiger partial charge in [0.25, 0.3) is 0 Å². The Morgan fingerprint density at radius 2 is 2.24 bits per heavy atom. The Morgan fingerprint density at radius 1 is 1.53 bits per heavy atom. The van der Waals surface area contributed by atoms with E-state index in [4.69, 9.17) is 5.73 Å². The average Bonchev–Trinajstić information content (AvgIpc) is 2.70. The van der Waals surface area contributed by atoms with Crippen molar-refractivity contribution in [2.45, 2.75) is 45.8 Å². The van der Waals surface area contributed by atoms with Gasteiger partial charge in [0.2, 0.25) is 0 Å². The minimum Gasteiger partial charge on any atom is -0.394 e. The predicted octanol–water partition coefficient (Wildman–Crippen LogP) is 1.14. The molecule has 1 aromatic rings. The first kappa shape index (κ1) is 12.2. The van der Waals surface area contributed by atoms with Crippen LogP contribution in [0.25, 0.3) is 0 Å². The molecule has 0 aliphatic carbocycles. The van der Waals surface area contributed by atoms with Crippen molar-refractivity contribution in [3.05, 3.63) is 5.69 Å². The van der Waals surface area contributed by atoms with Gasteiger partial charge in [-0.1, -0.05) is 6.92 Å². The SMILES string of the molecule is CCCn1nc(C)c(N)c1N1CCC(C)(O)C1. The van der Waals surface area contributed by atoms with Crippen LogP contribution < -0.4 is 10.6 Å². The van der Waals surface area contributed by atoms with Gasteiger partial charge in [0.1, 0.15) is 0 Å². The van der Waals surface area contributed by atoms with E-state index in [1.165, 1.54) is 0 Å². The number of hydrogen-bond acceptors (Lipinski definition) is 4. The lowest BCUT2D eigenvalue weighted by Crippen LogP contribution is -2.31. The van der Waals surface area contributed by atoms with Crippen LogP contribution >= 0.6 is 0 Å². The quantitative estimate of drug-likeness (QED) is 0.829. The fourth-order valence-corrected chi connectivity index (χ4v) is 2.41. The second-order valence-electron chi connectivity index (χ2n) is 5.21. The van der Waals surface area contributed by atoms with Crippen LogP contribution in [0.15, 0.2) is 0 Å². The minimum atomic E-state index is -0.609. The summed E-state index contributed by atoms with van der Waals surface area (Å²) in [4.78, 5) is 2.14. The normalized spacial score (nSPS) is 24.6. The highest BCUT2D eigenvalue weighted by Gasteiger charge is 2.34. The van der Waals surface area contributed by atoms with Crippen molar-refractivity contribution in [1.29, 1.82) is 0 Å². The van der Waals surface area contributed by atoms with Gasteiger partial charge in [-0.2, -0.15) is 5.10 Å². The topological polar surface area (TPSA) is 67.3 Å². The molecule has 0 radical (unpaired) electrons. The summed E-state index contributed by atoms with van der Waals surface area (Å²) in [7, 11) is 0. The number of β-amino-alcohol motifs (C(OH)–C–C–N with tert-alkyl or cyclic N) is 1. The van der Waals surface area contributed by atoms with E-state index in [0.29, 0.717) is 6.54 Å². The zero-order valence-electron chi connectivity index (χ0n) is 10.9. The van der Waals surface area contributed by atoms with Gasteiger partial charge in [-0.05, 0) is 26.7 Å². The molecule has 17 heavy (non-hydrogen) atoms. The molecular formula is C12H22N4O. The predicted molar refractivity (Wildman–Crippen MR) is 69.1 cm³/mol. The van der Waals surface area contributed by atoms with Gasteiger partial charge >= 0.3 is 0 Å². The average molecular weight is 238 g/mol. The molecule has 1 unspecified atom stereocenters. The highest BCUT2D eigenvalue weighted by molar-refractivity contribution is 5.66. The van der Waals surface area contributed by atoms with Gasteiger partial charge in [0, 0.05) is 19.6 Å². The molecule has 1 aromatic heterocycles. The van der Waals surface area contributed by atoms with E-state index < -0.39 is 5.60 Å². The second-order valence-corrected chi connectivity index (χ2v) is 5.21. The van der Waals surface area contributed by atoms with Crippen LogP contribution in [0.1, 0.15) is 32.4 Å². The zero-order chi connectivity index (χ0) is 12.6. The number of rotatable bonds is 3. The molecule has 1 aliphatic rings. The first-order valence-electron chi connectivity index (χ1n) is 6.25. The molecule has 0 spiro atoms. The lowest BCUT2D eigenvalue weighted by Gasteiger charge is -2.22. The molecule has 5 nitrogen and oxygen atoms in total. The molecular weight excluding hydrogens is 216 g/mol. The highest BCUT2D eigenvalue weighted by Crippen LogP contribution is 2.32. The third kappa shape index (κ3) is 2.24. The van der Waals surface area contributed by atoms with E-state index in [-0.39, 0.29) is 0 Å². The van der Waals surface area contributed by atoms with Gasteiger partial charge in [0.05, 0.1) is 17.0 Å². The van der Waals surface area contributed by atoms with Gasteiger partial charge in [-0.25, -0.2) is 4.68 Å². The molecule has 0 amide bonds. The minimum absolute atomic E-state index is 0.609. The molecule has 2 heterocycles. The summed E-state index contributed by atoms with van der Waals surface area (Å²) in [6.07, 6.45) is 1.81. The number of nitrogens with zero attached hydrogens (tertiary/aromatic N) is 3. The fourth-order valence-electron chi connectivity index (χ4n) is 2.41. The van der Waals surface area contributed by atoms with E-state index in [9.17, 15) is 5.11 Å². The van der Waals surface area contributed by atoms with Crippen LogP contribution in [0.4, 0.5) is 11.5 Å². The standard InChI is InChI=1S/C12H22N4O/c1-4-6-16-11(10(13)9(2)14-16)15-7-5-12(3,17)8-15/h17H,4-8,13H2,1-3H3. The molecule has 2 rings (SSSR count). The molecule has 0 aromatic carbocycles. The van der Waals surface area contributed by atoms with Crippen molar-refractivity contribution in [3.8, 4) is 0 Å². The summed E-state index contributed by atoms with van der Waals surface area (Å²) in [5, 5.41) is 14.5. The summed E-state index contributed by atoms with van der Waals surface area (Å²) in [5.74, 6) is 0.974. The molecule has 0 saturated carbocycles. The number of nitrogens with two attached hydrogens (primary N) is 1. The number of aromatic nitrogens is 2. The number of aryl methyl sites for hydroxylation is 2. The second kappa shape index (κ2) is 4.22. The van der Waals surface area contributed by atoms with Crippen molar-refractivity contribution >= 4 is 11.5 Å². The molecule has 1 saturated heterocycles. The van der Waals surface area contributed by atoms with Gasteiger partial charge in [-0.3, -0.25) is 0 Å². The Bertz CT molecular complexity index is 411. The Morgan fingerprint density at radius 3 is 2.76 bits per heavy atom. The van der Waals surface area contributed by atoms with E-state index in [2.05, 4.69) is 16.9 Å². The maximum absolute atomic E-state index is 10.0. The fraction of sp³-hybridized carbons (Fsp3) is 0.750. The van der Waals surface area contributed by atoms with E-state index in [0.717, 1.165) is 43.1 Å². The monoisotopic (exact) mass is 238 g/mol. The summed E-state index contributed by atoms with van der Waals surface area (Å²) in [6.45, 7) is 8.26. The van der Waals surface area contributed by atoms with Crippen LogP contribution in [-0.2, 0) is 6.54 Å². The van der Waals surface area contributed by atoms with Crippen molar-refractivity contribution in [3.63, 3.8) is 0 Å². The lowest BCUT2D eigenvalue weighted by atomic mass is 10.1. The number of hydrogen-bond donors (Lipinski definition) is 2. The first-order valence-corrected chi connectivity index (χ1v) is 6.25. The van der Waals surface area contributed by atoms with Gasteiger partial charge < -0.3 is 15.7 Å². The Kier molecular flexibility index (Phi) is 3.03.